The molecule has 0 unspecified atom stereocenters. The molecule has 4 aromatic heterocycles. The van der Waals surface area contributed by atoms with Crippen LogP contribution in [0, 0.1) is 3.57 Å². The van der Waals surface area contributed by atoms with Crippen molar-refractivity contribution in [2.45, 2.75) is 6.18 Å². The molecule has 0 radical (unpaired) electrons. The van der Waals surface area contributed by atoms with Gasteiger partial charge in [-0.15, -0.1) is 0 Å². The maximum Gasteiger partial charge on any atom is 0.405 e. The Kier molecular flexibility index (Phi) is 5.66. The summed E-state index contributed by atoms with van der Waals surface area (Å²) in [6.07, 6.45) is -0.311. The number of nitrogens with one attached hydrogen (secondary N) is 3. The van der Waals surface area contributed by atoms with Crippen molar-refractivity contribution in [3.63, 3.8) is 0 Å². The third kappa shape index (κ3) is 4.68. The molecule has 0 aliphatic rings. The van der Waals surface area contributed by atoms with Crippen LogP contribution in [0.25, 0.3) is 27.8 Å². The van der Waals surface area contributed by atoms with Crippen LogP contribution >= 0.6 is 22.6 Å². The van der Waals surface area contributed by atoms with Gasteiger partial charge in [-0.05, 0) is 46.4 Å². The van der Waals surface area contributed by atoms with E-state index in [0.717, 1.165) is 3.57 Å². The average Bonchev–Trinajstić information content (AvgIpc) is 3.39. The van der Waals surface area contributed by atoms with Crippen molar-refractivity contribution < 1.29 is 18.0 Å². The van der Waals surface area contributed by atoms with Crippen LogP contribution in [-0.2, 0) is 0 Å². The molecule has 1 aromatic carbocycles. The van der Waals surface area contributed by atoms with Crippen molar-refractivity contribution in [2.75, 3.05) is 17.6 Å². The van der Waals surface area contributed by atoms with Gasteiger partial charge in [0.15, 0.2) is 11.5 Å². The lowest BCUT2D eigenvalue weighted by Gasteiger charge is -2.10. The first-order chi connectivity index (χ1) is 16.7. The normalized spacial score (nSPS) is 11.8. The molecule has 4 heterocycles. The zero-order chi connectivity index (χ0) is 24.7. The highest BCUT2D eigenvalue weighted by molar-refractivity contribution is 14.1. The number of fused-ring (bicyclic) bond motifs is 2. The number of H-pyrrole nitrogens is 1. The predicted octanol–water partition coefficient (Wildman–Crippen LogP) is 3.89. The first kappa shape index (κ1) is 22.8. The number of anilines is 3. The fourth-order valence-corrected chi connectivity index (χ4v) is 4.00. The summed E-state index contributed by atoms with van der Waals surface area (Å²) >= 11 is 2.15. The van der Waals surface area contributed by atoms with E-state index in [1.807, 2.05) is 11.4 Å². The smallest absolute Gasteiger partial charge is 0.382 e. The zero-order valence-electron chi connectivity index (χ0n) is 17.6. The number of carbonyl (C=O) groups excluding carboxylic acids is 1. The number of pyridine rings is 1. The van der Waals surface area contributed by atoms with Crippen molar-refractivity contribution in [3.8, 4) is 11.1 Å². The fourth-order valence-electron chi connectivity index (χ4n) is 3.56. The number of amides is 1. The van der Waals surface area contributed by atoms with Gasteiger partial charge in [0.05, 0.1) is 5.56 Å². The van der Waals surface area contributed by atoms with Crippen LogP contribution < -0.4 is 16.4 Å². The summed E-state index contributed by atoms with van der Waals surface area (Å²) in [4.78, 5) is 28.4. The number of imidazole rings is 1. The van der Waals surface area contributed by atoms with Crippen molar-refractivity contribution in [3.05, 3.63) is 58.2 Å². The number of hydrogen-bond donors (Lipinski definition) is 4. The highest BCUT2D eigenvalue weighted by Crippen LogP contribution is 2.33. The zero-order valence-corrected chi connectivity index (χ0v) is 19.7. The Morgan fingerprint density at radius 1 is 1.20 bits per heavy atom. The minimum absolute atomic E-state index is 0.0138. The lowest BCUT2D eigenvalue weighted by Crippen LogP contribution is -2.33. The van der Waals surface area contributed by atoms with Gasteiger partial charge in [0.2, 0.25) is 5.95 Å². The number of aromatic nitrogens is 6. The van der Waals surface area contributed by atoms with Gasteiger partial charge in [-0.3, -0.25) is 4.79 Å². The van der Waals surface area contributed by atoms with E-state index in [-0.39, 0.29) is 11.4 Å². The highest BCUT2D eigenvalue weighted by Gasteiger charge is 2.29. The third-order valence-corrected chi connectivity index (χ3v) is 5.63. The molecule has 0 fully saturated rings. The molecule has 0 spiro atoms. The molecule has 0 atom stereocenters. The first-order valence-electron chi connectivity index (χ1n) is 10.0. The monoisotopic (exact) mass is 593 g/mol. The number of halogens is 4. The van der Waals surface area contributed by atoms with Gasteiger partial charge in [0, 0.05) is 27.2 Å². The predicted molar refractivity (Wildman–Crippen MR) is 131 cm³/mol. The molecule has 10 nitrogen and oxygen atoms in total. The molecular formula is C21H15F3IN9O. The number of alkyl halides is 3. The van der Waals surface area contributed by atoms with E-state index in [0.29, 0.717) is 39.4 Å². The van der Waals surface area contributed by atoms with Gasteiger partial charge < -0.3 is 21.4 Å². The number of hydrogen-bond acceptors (Lipinski definition) is 7. The summed E-state index contributed by atoms with van der Waals surface area (Å²) in [6.45, 7) is -1.47. The van der Waals surface area contributed by atoms with Crippen molar-refractivity contribution in [1.82, 2.24) is 34.9 Å². The Morgan fingerprint density at radius 3 is 2.71 bits per heavy atom. The van der Waals surface area contributed by atoms with Crippen LogP contribution in [0.15, 0.2) is 49.1 Å². The van der Waals surface area contributed by atoms with E-state index >= 15 is 0 Å². The number of carbonyl (C=O) groups is 1. The van der Waals surface area contributed by atoms with Gasteiger partial charge in [0.1, 0.15) is 23.9 Å². The Morgan fingerprint density at radius 2 is 1.97 bits per heavy atom. The van der Waals surface area contributed by atoms with Crippen LogP contribution in [0.4, 0.5) is 30.6 Å². The van der Waals surface area contributed by atoms with Crippen LogP contribution in [0.1, 0.15) is 10.4 Å². The van der Waals surface area contributed by atoms with Crippen LogP contribution in [-0.4, -0.2) is 48.2 Å². The van der Waals surface area contributed by atoms with Gasteiger partial charge in [0.25, 0.3) is 5.91 Å². The minimum Gasteiger partial charge on any atom is -0.382 e. The Hall–Kier alpha value is -3.95. The summed E-state index contributed by atoms with van der Waals surface area (Å²) in [6, 6.07) is 8.77. The molecule has 1 amide bonds. The van der Waals surface area contributed by atoms with Crippen molar-refractivity contribution in [1.29, 1.82) is 0 Å². The first-order valence-corrected chi connectivity index (χ1v) is 11.1. The van der Waals surface area contributed by atoms with E-state index in [1.165, 1.54) is 17.0 Å². The summed E-state index contributed by atoms with van der Waals surface area (Å²) in [7, 11) is 0. The topological polar surface area (TPSA) is 139 Å². The summed E-state index contributed by atoms with van der Waals surface area (Å²) in [5, 5.41) is 9.07. The summed E-state index contributed by atoms with van der Waals surface area (Å²) < 4.78 is 40.2. The number of nitrogen functional groups attached to an aromatic ring is 1. The van der Waals surface area contributed by atoms with Gasteiger partial charge in [-0.25, -0.2) is 19.5 Å². The van der Waals surface area contributed by atoms with Gasteiger partial charge >= 0.3 is 6.18 Å². The molecule has 0 aliphatic heterocycles. The van der Waals surface area contributed by atoms with E-state index < -0.39 is 18.6 Å². The quantitative estimate of drug-likeness (QED) is 0.227. The molecule has 5 aromatic rings. The molecule has 0 bridgehead atoms. The maximum absolute atomic E-state index is 12.7. The molecule has 0 saturated carbocycles. The summed E-state index contributed by atoms with van der Waals surface area (Å²) in [5.41, 5.74) is 9.19. The molecule has 5 N–H and O–H groups in total. The van der Waals surface area contributed by atoms with Crippen LogP contribution in [0.3, 0.4) is 0 Å². The van der Waals surface area contributed by atoms with E-state index in [2.05, 4.69) is 52.9 Å². The highest BCUT2D eigenvalue weighted by atomic mass is 127. The Labute approximate surface area is 208 Å². The number of benzene rings is 1. The molecule has 5 rings (SSSR count). The molecule has 178 valence electrons. The van der Waals surface area contributed by atoms with Crippen molar-refractivity contribution in [2.24, 2.45) is 0 Å². The summed E-state index contributed by atoms with van der Waals surface area (Å²) in [5.74, 6) is -0.341. The number of nitrogens with zero attached hydrogens (tertiary/aromatic N) is 5. The van der Waals surface area contributed by atoms with Gasteiger partial charge in [-0.1, -0.05) is 12.1 Å². The molecule has 0 aliphatic carbocycles. The van der Waals surface area contributed by atoms with E-state index in [4.69, 9.17) is 5.73 Å². The second-order valence-corrected chi connectivity index (χ2v) is 8.71. The third-order valence-electron chi connectivity index (χ3n) is 5.04. The lowest BCUT2D eigenvalue weighted by molar-refractivity contribution is -0.123. The van der Waals surface area contributed by atoms with Crippen LogP contribution in [0.2, 0.25) is 0 Å². The Bertz CT molecular complexity index is 1560. The van der Waals surface area contributed by atoms with Crippen molar-refractivity contribution >= 4 is 62.6 Å². The molecular weight excluding hydrogens is 578 g/mol. The Balaban J connectivity index is 1.48. The maximum atomic E-state index is 12.7. The van der Waals surface area contributed by atoms with Crippen LogP contribution in [0.5, 0.6) is 0 Å². The number of nitrogens with two attached hydrogens (primary N) is 1. The number of aromatic amines is 1. The molecule has 14 heteroatoms. The standard InChI is InChI=1S/C21H15F3IN9O/c22-21(23,24)8-28-19(35)13-7-34-16(17(26)29-9-30-34)15(13)10-1-3-12(4-2-10)31-20-32-14-5-11(25)6-27-18(14)33-20/h1-7,9H,8H2,(H,28,35)(H2,26,29,30)(H2,27,31,32,33). The lowest BCUT2D eigenvalue weighted by atomic mass is 10.0. The SMILES string of the molecule is Nc1ncnn2cc(C(=O)NCC(F)(F)F)c(-c3ccc(Nc4nc5cc(I)cnc5[nH]4)cc3)c12. The molecule has 35 heavy (non-hydrogen) atoms. The van der Waals surface area contributed by atoms with E-state index in [1.54, 1.807) is 30.5 Å². The van der Waals surface area contributed by atoms with Gasteiger partial charge in [-0.2, -0.15) is 18.3 Å². The molecule has 0 saturated heterocycles. The number of rotatable bonds is 5. The minimum atomic E-state index is -4.55. The fraction of sp³-hybridized carbons (Fsp3) is 0.0952. The second-order valence-electron chi connectivity index (χ2n) is 7.46. The second kappa shape index (κ2) is 8.68. The largest absolute Gasteiger partial charge is 0.405 e. The average molecular weight is 593 g/mol. The van der Waals surface area contributed by atoms with E-state index in [9.17, 15) is 18.0 Å².